The smallest absolute Gasteiger partial charge is 0.238 e. The van der Waals surface area contributed by atoms with Gasteiger partial charge < -0.3 is 4.57 Å². The Morgan fingerprint density at radius 2 is 0.850 bits per heavy atom. The molecule has 0 fully saturated rings. The number of hydrogen-bond donors (Lipinski definition) is 0. The topological polar surface area (TPSA) is 48.5 Å². The summed E-state index contributed by atoms with van der Waals surface area (Å²) in [7, 11) is 0. The summed E-state index contributed by atoms with van der Waals surface area (Å²) >= 11 is 0. The highest BCUT2D eigenvalue weighted by Crippen LogP contribution is 2.36. The van der Waals surface area contributed by atoms with E-state index in [0.717, 1.165) is 38.8 Å². The van der Waals surface area contributed by atoms with Crippen LogP contribution in [-0.2, 0) is 0 Å². The quantitative estimate of drug-likeness (QED) is 0.238. The number of hydrogen-bond acceptors (Lipinski definition) is 3. The molecular formula is C35H23N5. The van der Waals surface area contributed by atoms with Gasteiger partial charge in [0.25, 0.3) is 0 Å². The van der Waals surface area contributed by atoms with Gasteiger partial charge in [-0.1, -0.05) is 115 Å². The summed E-state index contributed by atoms with van der Waals surface area (Å²) < 4.78 is 4.44. The van der Waals surface area contributed by atoms with Gasteiger partial charge in [0.05, 0.1) is 22.2 Å². The maximum Gasteiger partial charge on any atom is 0.238 e. The van der Waals surface area contributed by atoms with E-state index in [1.165, 1.54) is 10.8 Å². The number of benzene rings is 5. The van der Waals surface area contributed by atoms with E-state index in [1.807, 2.05) is 60.7 Å². The normalized spacial score (nSPS) is 11.5. The minimum absolute atomic E-state index is 0.580. The number of rotatable bonds is 4. The summed E-state index contributed by atoms with van der Waals surface area (Å²) in [4.78, 5) is 14.9. The van der Waals surface area contributed by atoms with Crippen molar-refractivity contribution in [2.75, 3.05) is 0 Å². The Bertz CT molecular complexity index is 2050. The van der Waals surface area contributed by atoms with E-state index in [1.54, 1.807) is 0 Å². The van der Waals surface area contributed by atoms with Crippen LogP contribution in [0.2, 0.25) is 0 Å². The van der Waals surface area contributed by atoms with Gasteiger partial charge in [0, 0.05) is 33.5 Å². The first-order valence-corrected chi connectivity index (χ1v) is 13.3. The fourth-order valence-electron chi connectivity index (χ4n) is 5.59. The van der Waals surface area contributed by atoms with E-state index in [4.69, 9.17) is 15.0 Å². The number of para-hydroxylation sites is 3. The van der Waals surface area contributed by atoms with Crippen LogP contribution in [0.15, 0.2) is 140 Å². The third kappa shape index (κ3) is 3.52. The largest absolute Gasteiger partial charge is 0.307 e. The molecule has 40 heavy (non-hydrogen) atoms. The monoisotopic (exact) mass is 513 g/mol. The Kier molecular flexibility index (Phi) is 5.07. The zero-order chi connectivity index (χ0) is 26.5. The number of aromatic nitrogens is 5. The standard InChI is InChI=1S/C35H23N5/c1-3-13-24(14-4-1)33-36-34(25-15-5-2-6-16-25)38-35(37-33)39-23-32(28-19-9-10-20-29(28)39)40-30-21-11-7-17-26(30)27-18-8-12-22-31(27)40/h1-23H. The van der Waals surface area contributed by atoms with Crippen LogP contribution in [0.1, 0.15) is 0 Å². The Hall–Kier alpha value is -5.55. The number of fused-ring (bicyclic) bond motifs is 4. The van der Waals surface area contributed by atoms with Crippen LogP contribution in [0.25, 0.3) is 67.1 Å². The first kappa shape index (κ1) is 22.4. The van der Waals surface area contributed by atoms with Crippen LogP contribution in [0.3, 0.4) is 0 Å². The average molecular weight is 514 g/mol. The molecule has 0 aliphatic rings. The second-order valence-electron chi connectivity index (χ2n) is 9.79. The van der Waals surface area contributed by atoms with Crippen LogP contribution < -0.4 is 0 Å². The fraction of sp³-hybridized carbons (Fsp3) is 0. The molecule has 0 amide bonds. The van der Waals surface area contributed by atoms with Crippen molar-refractivity contribution in [1.29, 1.82) is 0 Å². The lowest BCUT2D eigenvalue weighted by Crippen LogP contribution is -2.05. The van der Waals surface area contributed by atoms with Crippen molar-refractivity contribution < 1.29 is 0 Å². The lowest BCUT2D eigenvalue weighted by atomic mass is 10.2. The molecule has 0 aliphatic heterocycles. The van der Waals surface area contributed by atoms with Gasteiger partial charge in [-0.2, -0.15) is 9.97 Å². The van der Waals surface area contributed by atoms with Crippen LogP contribution in [0, 0.1) is 0 Å². The van der Waals surface area contributed by atoms with Gasteiger partial charge in [0.1, 0.15) is 0 Å². The summed E-state index contributed by atoms with van der Waals surface area (Å²) in [5.74, 6) is 1.86. The van der Waals surface area contributed by atoms with Crippen molar-refractivity contribution in [2.24, 2.45) is 0 Å². The molecule has 3 heterocycles. The highest BCUT2D eigenvalue weighted by molar-refractivity contribution is 6.10. The molecule has 0 unspecified atom stereocenters. The first-order valence-electron chi connectivity index (χ1n) is 13.3. The molecule has 8 aromatic rings. The highest BCUT2D eigenvalue weighted by atomic mass is 15.2. The predicted octanol–water partition coefficient (Wildman–Crippen LogP) is 8.25. The summed E-state index contributed by atoms with van der Waals surface area (Å²) in [5.41, 5.74) is 6.33. The van der Waals surface area contributed by atoms with Gasteiger partial charge >= 0.3 is 0 Å². The van der Waals surface area contributed by atoms with E-state index >= 15 is 0 Å². The lowest BCUT2D eigenvalue weighted by Gasteiger charge is -2.09. The van der Waals surface area contributed by atoms with Crippen LogP contribution in [0.4, 0.5) is 0 Å². The minimum Gasteiger partial charge on any atom is -0.307 e. The van der Waals surface area contributed by atoms with Crippen LogP contribution in [0.5, 0.6) is 0 Å². The summed E-state index contributed by atoms with van der Waals surface area (Å²) in [5, 5.41) is 3.58. The third-order valence-corrected chi connectivity index (χ3v) is 7.41. The van der Waals surface area contributed by atoms with E-state index in [0.29, 0.717) is 17.6 Å². The minimum atomic E-state index is 0.580. The van der Waals surface area contributed by atoms with E-state index in [2.05, 4.69) is 88.1 Å². The Balaban J connectivity index is 1.43. The average Bonchev–Trinajstić information content (AvgIpc) is 3.58. The Morgan fingerprint density at radius 1 is 0.400 bits per heavy atom. The summed E-state index contributed by atoms with van der Waals surface area (Å²) in [6, 6.07) is 45.8. The zero-order valence-electron chi connectivity index (χ0n) is 21.5. The molecule has 3 aromatic heterocycles. The molecule has 5 heteroatoms. The fourth-order valence-corrected chi connectivity index (χ4v) is 5.59. The maximum atomic E-state index is 5.00. The molecule has 0 bridgehead atoms. The van der Waals surface area contributed by atoms with Crippen molar-refractivity contribution in [2.45, 2.75) is 0 Å². The van der Waals surface area contributed by atoms with E-state index < -0.39 is 0 Å². The number of nitrogens with zero attached hydrogens (tertiary/aromatic N) is 5. The van der Waals surface area contributed by atoms with Gasteiger partial charge in [-0.25, -0.2) is 4.98 Å². The molecule has 0 N–H and O–H groups in total. The second-order valence-corrected chi connectivity index (χ2v) is 9.79. The molecule has 0 saturated carbocycles. The van der Waals surface area contributed by atoms with Crippen molar-refractivity contribution in [3.8, 4) is 34.4 Å². The molecule has 0 aliphatic carbocycles. The van der Waals surface area contributed by atoms with E-state index in [9.17, 15) is 0 Å². The second kappa shape index (κ2) is 9.03. The van der Waals surface area contributed by atoms with E-state index in [-0.39, 0.29) is 0 Å². The SMILES string of the molecule is c1ccc(-c2nc(-c3ccccc3)nc(-n3cc(-n4c5ccccc5c5ccccc54)c4ccccc43)n2)cc1. The van der Waals surface area contributed by atoms with Gasteiger partial charge in [0.2, 0.25) is 5.95 Å². The summed E-state index contributed by atoms with van der Waals surface area (Å²) in [6.07, 6.45) is 2.16. The molecule has 0 radical (unpaired) electrons. The van der Waals surface area contributed by atoms with Gasteiger partial charge in [-0.05, 0) is 18.2 Å². The summed E-state index contributed by atoms with van der Waals surface area (Å²) in [6.45, 7) is 0. The van der Waals surface area contributed by atoms with Gasteiger partial charge in [0.15, 0.2) is 11.6 Å². The molecule has 5 nitrogen and oxygen atoms in total. The molecule has 0 saturated heterocycles. The van der Waals surface area contributed by atoms with Gasteiger partial charge in [-0.15, -0.1) is 0 Å². The highest BCUT2D eigenvalue weighted by Gasteiger charge is 2.19. The van der Waals surface area contributed by atoms with Crippen molar-refractivity contribution >= 4 is 32.7 Å². The van der Waals surface area contributed by atoms with Crippen molar-refractivity contribution in [1.82, 2.24) is 24.1 Å². The molecule has 8 rings (SSSR count). The first-order chi connectivity index (χ1) is 19.8. The molecule has 0 spiro atoms. The maximum absolute atomic E-state index is 5.00. The molecular weight excluding hydrogens is 490 g/mol. The van der Waals surface area contributed by atoms with Crippen molar-refractivity contribution in [3.05, 3.63) is 140 Å². The molecule has 188 valence electrons. The Labute approximate surface area is 230 Å². The Morgan fingerprint density at radius 3 is 1.40 bits per heavy atom. The zero-order valence-corrected chi connectivity index (χ0v) is 21.5. The van der Waals surface area contributed by atoms with Gasteiger partial charge in [-0.3, -0.25) is 4.57 Å². The molecule has 0 atom stereocenters. The predicted molar refractivity (Wildman–Crippen MR) is 162 cm³/mol. The lowest BCUT2D eigenvalue weighted by molar-refractivity contribution is 0.929. The third-order valence-electron chi connectivity index (χ3n) is 7.41. The molecule has 5 aromatic carbocycles. The van der Waals surface area contributed by atoms with Crippen LogP contribution >= 0.6 is 0 Å². The van der Waals surface area contributed by atoms with Crippen molar-refractivity contribution in [3.63, 3.8) is 0 Å². The van der Waals surface area contributed by atoms with Crippen LogP contribution in [-0.4, -0.2) is 24.1 Å².